The summed E-state index contributed by atoms with van der Waals surface area (Å²) in [4.78, 5) is 38.3. The van der Waals surface area contributed by atoms with Gasteiger partial charge in [0.1, 0.15) is 24.0 Å². The summed E-state index contributed by atoms with van der Waals surface area (Å²) in [6.07, 6.45) is 2.36. The zero-order chi connectivity index (χ0) is 27.4. The number of carbonyl (C=O) groups excluding carboxylic acids is 2. The van der Waals surface area contributed by atoms with Crippen LogP contribution in [0.5, 0.6) is 0 Å². The first-order chi connectivity index (χ1) is 18.9. The van der Waals surface area contributed by atoms with Crippen LogP contribution in [0.3, 0.4) is 0 Å². The summed E-state index contributed by atoms with van der Waals surface area (Å²) >= 11 is 0. The number of piperazine rings is 1. The van der Waals surface area contributed by atoms with E-state index in [9.17, 15) is 19.7 Å². The topological polar surface area (TPSA) is 189 Å². The highest BCUT2D eigenvalue weighted by atomic mass is 19.1. The summed E-state index contributed by atoms with van der Waals surface area (Å²) in [5.74, 6) is -0.516. The highest BCUT2D eigenvalue weighted by Gasteiger charge is 2.26. The van der Waals surface area contributed by atoms with E-state index in [1.165, 1.54) is 17.2 Å². The van der Waals surface area contributed by atoms with Gasteiger partial charge in [-0.25, -0.2) is 4.39 Å². The average Bonchev–Trinajstić information content (AvgIpc) is 3.72. The molecule has 0 bridgehead atoms. The number of nitro groups is 1. The predicted molar refractivity (Wildman–Crippen MR) is 132 cm³/mol. The van der Waals surface area contributed by atoms with Crippen molar-refractivity contribution in [3.05, 3.63) is 70.2 Å². The minimum Gasteiger partial charge on any atom is -0.366 e. The molecule has 3 aromatic heterocycles. The quantitative estimate of drug-likeness (QED) is 0.208. The molecule has 1 aliphatic heterocycles. The molecule has 4 aromatic rings. The summed E-state index contributed by atoms with van der Waals surface area (Å²) in [6, 6.07) is 8.14. The van der Waals surface area contributed by atoms with Gasteiger partial charge >= 0.3 is 5.69 Å². The molecule has 0 aliphatic carbocycles. The van der Waals surface area contributed by atoms with Crippen LogP contribution in [0.15, 0.2) is 51.8 Å². The van der Waals surface area contributed by atoms with Crippen LogP contribution < -0.4 is 15.5 Å². The number of nitrogens with one attached hydrogen (secondary N) is 3. The van der Waals surface area contributed by atoms with E-state index in [0.29, 0.717) is 61.2 Å². The fraction of sp³-hybridized carbons (Fsp3) is 0.261. The summed E-state index contributed by atoms with van der Waals surface area (Å²) in [5, 5.41) is 29.8. The Labute approximate surface area is 219 Å². The molecule has 202 valence electrons. The van der Waals surface area contributed by atoms with Crippen molar-refractivity contribution in [1.82, 2.24) is 30.7 Å². The second-order valence-corrected chi connectivity index (χ2v) is 8.52. The first-order valence-corrected chi connectivity index (χ1v) is 11.8. The number of H-pyrrole nitrogens is 1. The number of nitrogens with zero attached hydrogens (tertiary/aromatic N) is 6. The zero-order valence-corrected chi connectivity index (χ0v) is 20.3. The number of anilines is 2. The predicted octanol–water partition coefficient (Wildman–Crippen LogP) is 1.79. The van der Waals surface area contributed by atoms with Gasteiger partial charge in [0.05, 0.1) is 23.7 Å². The first kappa shape index (κ1) is 25.4. The minimum atomic E-state index is -0.807. The second-order valence-electron chi connectivity index (χ2n) is 8.52. The van der Waals surface area contributed by atoms with Gasteiger partial charge in [0.15, 0.2) is 11.6 Å². The lowest BCUT2D eigenvalue weighted by molar-refractivity contribution is -0.385. The number of aromatic amines is 1. The van der Waals surface area contributed by atoms with Crippen molar-refractivity contribution in [3.63, 3.8) is 0 Å². The van der Waals surface area contributed by atoms with Crippen LogP contribution >= 0.6 is 0 Å². The third-order valence-corrected chi connectivity index (χ3v) is 6.10. The number of hydrogen-bond donors (Lipinski definition) is 3. The molecule has 0 atom stereocenters. The number of aromatic nitrogens is 4. The maximum Gasteiger partial charge on any atom is 0.319 e. The molecule has 0 saturated carbocycles. The fourth-order valence-electron chi connectivity index (χ4n) is 4.07. The standard InChI is InChI=1S/C23H22FN9O6/c24-16-9-14(17-10-15(39-29-17)11-25-20-3-8-38-30-20)1-2-18(16)31-4-6-32(7-5-31)21(34)13-26-23(35)22-19(33(36)37)12-27-28-22/h1-3,8-10,12H,4-7,11,13H2,(H,25,30)(H,26,35)(H,27,28). The number of benzene rings is 1. The lowest BCUT2D eigenvalue weighted by Crippen LogP contribution is -2.51. The van der Waals surface area contributed by atoms with Crippen LogP contribution in [0.1, 0.15) is 16.2 Å². The van der Waals surface area contributed by atoms with E-state index in [0.717, 1.165) is 6.20 Å². The minimum absolute atomic E-state index is 0.311. The lowest BCUT2D eigenvalue weighted by atomic mass is 10.1. The Morgan fingerprint density at radius 3 is 2.69 bits per heavy atom. The largest absolute Gasteiger partial charge is 0.366 e. The van der Waals surface area contributed by atoms with Crippen molar-refractivity contribution in [2.45, 2.75) is 6.54 Å². The van der Waals surface area contributed by atoms with Crippen molar-refractivity contribution in [2.75, 3.05) is 42.9 Å². The molecule has 5 rings (SSSR count). The van der Waals surface area contributed by atoms with E-state index in [1.54, 1.807) is 24.3 Å². The van der Waals surface area contributed by atoms with Crippen LogP contribution in [0.2, 0.25) is 0 Å². The number of halogens is 1. The molecule has 1 aromatic carbocycles. The van der Waals surface area contributed by atoms with Crippen molar-refractivity contribution < 1.29 is 27.9 Å². The van der Waals surface area contributed by atoms with E-state index >= 15 is 4.39 Å². The van der Waals surface area contributed by atoms with Crippen LogP contribution in [0, 0.1) is 15.9 Å². The Hall–Kier alpha value is -5.28. The molecule has 39 heavy (non-hydrogen) atoms. The Morgan fingerprint density at radius 1 is 1.15 bits per heavy atom. The normalized spacial score (nSPS) is 13.4. The molecule has 0 spiro atoms. The Balaban J connectivity index is 1.13. The maximum absolute atomic E-state index is 15.0. The highest BCUT2D eigenvalue weighted by molar-refractivity contribution is 5.98. The maximum atomic E-state index is 15.0. The number of hydrogen-bond acceptors (Lipinski definition) is 11. The van der Waals surface area contributed by atoms with Crippen LogP contribution in [-0.4, -0.2) is 74.9 Å². The van der Waals surface area contributed by atoms with E-state index in [2.05, 4.69) is 31.1 Å². The van der Waals surface area contributed by atoms with Gasteiger partial charge in [0.25, 0.3) is 5.91 Å². The molecule has 0 radical (unpaired) electrons. The SMILES string of the molecule is O=C(NCC(=O)N1CCN(c2ccc(-c3cc(CNc4ccon4)on3)cc2F)CC1)c1[nH]ncc1[N+](=O)[O-]. The molecule has 3 N–H and O–H groups in total. The molecule has 1 aliphatic rings. The molecule has 4 heterocycles. The van der Waals surface area contributed by atoms with Gasteiger partial charge in [-0.05, 0) is 12.1 Å². The molecule has 1 saturated heterocycles. The number of amides is 2. The number of carbonyl (C=O) groups is 2. The third kappa shape index (κ3) is 5.68. The second kappa shape index (κ2) is 11.0. The van der Waals surface area contributed by atoms with E-state index in [1.807, 2.05) is 4.90 Å². The molecular formula is C23H22FN9O6. The first-order valence-electron chi connectivity index (χ1n) is 11.8. The van der Waals surface area contributed by atoms with Gasteiger partial charge in [0, 0.05) is 43.9 Å². The van der Waals surface area contributed by atoms with Gasteiger partial charge in [-0.3, -0.25) is 24.8 Å². The van der Waals surface area contributed by atoms with Gasteiger partial charge in [0.2, 0.25) is 11.6 Å². The Kier molecular flexibility index (Phi) is 7.15. The van der Waals surface area contributed by atoms with Gasteiger partial charge in [-0.1, -0.05) is 16.4 Å². The van der Waals surface area contributed by atoms with Crippen LogP contribution in [0.25, 0.3) is 11.3 Å². The summed E-state index contributed by atoms with van der Waals surface area (Å²) in [6.45, 7) is 1.37. The van der Waals surface area contributed by atoms with Crippen molar-refractivity contribution in [1.29, 1.82) is 0 Å². The highest BCUT2D eigenvalue weighted by Crippen LogP contribution is 2.27. The molecule has 0 unspecified atom stereocenters. The fourth-order valence-corrected chi connectivity index (χ4v) is 4.07. The van der Waals surface area contributed by atoms with Crippen molar-refractivity contribution in [2.24, 2.45) is 0 Å². The summed E-state index contributed by atoms with van der Waals surface area (Å²) in [7, 11) is 0. The zero-order valence-electron chi connectivity index (χ0n) is 20.3. The Morgan fingerprint density at radius 2 is 1.97 bits per heavy atom. The van der Waals surface area contributed by atoms with E-state index in [-0.39, 0.29) is 18.1 Å². The van der Waals surface area contributed by atoms with Crippen LogP contribution in [-0.2, 0) is 11.3 Å². The van der Waals surface area contributed by atoms with Gasteiger partial charge < -0.3 is 29.5 Å². The lowest BCUT2D eigenvalue weighted by Gasteiger charge is -2.36. The molecule has 1 fully saturated rings. The smallest absolute Gasteiger partial charge is 0.319 e. The molecule has 16 heteroatoms. The van der Waals surface area contributed by atoms with Crippen LogP contribution in [0.4, 0.5) is 21.6 Å². The van der Waals surface area contributed by atoms with Crippen molar-refractivity contribution >= 4 is 29.0 Å². The summed E-state index contributed by atoms with van der Waals surface area (Å²) in [5.41, 5.74) is 0.611. The molecule has 2 amide bonds. The monoisotopic (exact) mass is 539 g/mol. The van der Waals surface area contributed by atoms with E-state index < -0.39 is 22.3 Å². The number of rotatable bonds is 9. The van der Waals surface area contributed by atoms with E-state index in [4.69, 9.17) is 9.05 Å². The third-order valence-electron chi connectivity index (χ3n) is 6.10. The summed E-state index contributed by atoms with van der Waals surface area (Å²) < 4.78 is 25.1. The van der Waals surface area contributed by atoms with Gasteiger partial charge in [-0.15, -0.1) is 0 Å². The van der Waals surface area contributed by atoms with Crippen molar-refractivity contribution in [3.8, 4) is 11.3 Å². The molecule has 15 nitrogen and oxygen atoms in total. The average molecular weight is 539 g/mol. The Bertz CT molecular complexity index is 1480. The van der Waals surface area contributed by atoms with Gasteiger partial charge in [-0.2, -0.15) is 5.10 Å². The molecular weight excluding hydrogens is 517 g/mol.